The van der Waals surface area contributed by atoms with Crippen molar-refractivity contribution in [2.45, 2.75) is 19.5 Å². The number of hydrogen-bond donors (Lipinski definition) is 3. The lowest BCUT2D eigenvalue weighted by atomic mass is 10.1. The zero-order valence-corrected chi connectivity index (χ0v) is 10.2. The minimum Gasteiger partial charge on any atom is -0.508 e. The minimum atomic E-state index is 0.0223. The van der Waals surface area contributed by atoms with E-state index in [1.807, 2.05) is 17.7 Å². The highest BCUT2D eigenvalue weighted by molar-refractivity contribution is 5.40. The molecule has 2 rings (SSSR count). The number of imidazole rings is 1. The van der Waals surface area contributed by atoms with Crippen LogP contribution in [-0.2, 0) is 6.54 Å². The van der Waals surface area contributed by atoms with Crippen LogP contribution < -0.4 is 5.32 Å². The molecule has 1 aromatic heterocycles. The van der Waals surface area contributed by atoms with Gasteiger partial charge in [-0.05, 0) is 13.0 Å². The molecule has 2 aromatic rings. The molecule has 0 saturated carbocycles. The molecule has 18 heavy (non-hydrogen) atoms. The second kappa shape index (κ2) is 5.55. The van der Waals surface area contributed by atoms with Gasteiger partial charge in [-0.15, -0.1) is 0 Å². The monoisotopic (exact) mass is 247 g/mol. The zero-order valence-electron chi connectivity index (χ0n) is 10.2. The lowest BCUT2D eigenvalue weighted by Gasteiger charge is -2.15. The van der Waals surface area contributed by atoms with Crippen LogP contribution in [0.25, 0.3) is 0 Å². The molecule has 1 heterocycles. The number of nitrogens with zero attached hydrogens (tertiary/aromatic N) is 2. The zero-order chi connectivity index (χ0) is 13.0. The van der Waals surface area contributed by atoms with Gasteiger partial charge >= 0.3 is 0 Å². The molecule has 96 valence electrons. The maximum atomic E-state index is 9.73. The highest BCUT2D eigenvalue weighted by Gasteiger charge is 2.09. The molecule has 0 aliphatic rings. The van der Waals surface area contributed by atoms with E-state index in [9.17, 15) is 10.2 Å². The molecule has 1 aromatic carbocycles. The van der Waals surface area contributed by atoms with Gasteiger partial charge in [-0.2, -0.15) is 0 Å². The summed E-state index contributed by atoms with van der Waals surface area (Å²) in [7, 11) is 0. The average molecular weight is 247 g/mol. The van der Waals surface area contributed by atoms with Gasteiger partial charge in [0.1, 0.15) is 11.5 Å². The Hall–Kier alpha value is -2.01. The minimum absolute atomic E-state index is 0.0223. The van der Waals surface area contributed by atoms with Crippen LogP contribution >= 0.6 is 0 Å². The molecule has 5 nitrogen and oxygen atoms in total. The van der Waals surface area contributed by atoms with E-state index in [0.717, 1.165) is 18.7 Å². The van der Waals surface area contributed by atoms with Crippen molar-refractivity contribution < 1.29 is 10.2 Å². The molecule has 0 fully saturated rings. The summed E-state index contributed by atoms with van der Waals surface area (Å²) in [4.78, 5) is 3.97. The fourth-order valence-electron chi connectivity index (χ4n) is 1.84. The number of rotatable bonds is 5. The summed E-state index contributed by atoms with van der Waals surface area (Å²) in [6.45, 7) is 3.57. The van der Waals surface area contributed by atoms with Crippen molar-refractivity contribution in [2.75, 3.05) is 6.54 Å². The Labute approximate surface area is 106 Å². The van der Waals surface area contributed by atoms with Crippen LogP contribution in [-0.4, -0.2) is 26.3 Å². The van der Waals surface area contributed by atoms with Crippen molar-refractivity contribution in [3.05, 3.63) is 42.5 Å². The van der Waals surface area contributed by atoms with Gasteiger partial charge in [-0.25, -0.2) is 4.98 Å². The van der Waals surface area contributed by atoms with E-state index < -0.39 is 0 Å². The number of phenols is 2. The van der Waals surface area contributed by atoms with Gasteiger partial charge in [0.25, 0.3) is 0 Å². The van der Waals surface area contributed by atoms with Gasteiger partial charge in [0.05, 0.1) is 6.33 Å². The topological polar surface area (TPSA) is 70.3 Å². The second-order valence-corrected chi connectivity index (χ2v) is 4.22. The van der Waals surface area contributed by atoms with E-state index in [0.29, 0.717) is 0 Å². The predicted molar refractivity (Wildman–Crippen MR) is 68.4 cm³/mol. The third-order valence-corrected chi connectivity index (χ3v) is 2.86. The van der Waals surface area contributed by atoms with Gasteiger partial charge in [0.15, 0.2) is 0 Å². The standard InChI is InChI=1S/C13H17N3O2/c1-10(12-3-2-11(17)8-13(12)18)15-5-7-16-6-4-14-9-16/h2-4,6,8-10,15,17-18H,5,7H2,1H3. The van der Waals surface area contributed by atoms with Crippen molar-refractivity contribution in [2.24, 2.45) is 0 Å². The van der Waals surface area contributed by atoms with E-state index in [1.165, 1.54) is 6.07 Å². The molecular weight excluding hydrogens is 230 g/mol. The fourth-order valence-corrected chi connectivity index (χ4v) is 1.84. The molecule has 0 saturated heterocycles. The normalized spacial score (nSPS) is 12.5. The number of aromatic nitrogens is 2. The maximum Gasteiger partial charge on any atom is 0.124 e. The van der Waals surface area contributed by atoms with E-state index in [4.69, 9.17) is 0 Å². The van der Waals surface area contributed by atoms with E-state index in [1.54, 1.807) is 24.7 Å². The SMILES string of the molecule is CC(NCCn1ccnc1)c1ccc(O)cc1O. The van der Waals surface area contributed by atoms with Crippen LogP contribution in [0.15, 0.2) is 36.9 Å². The van der Waals surface area contributed by atoms with Gasteiger partial charge in [-0.3, -0.25) is 0 Å². The van der Waals surface area contributed by atoms with Gasteiger partial charge < -0.3 is 20.1 Å². The largest absolute Gasteiger partial charge is 0.508 e. The highest BCUT2D eigenvalue weighted by Crippen LogP contribution is 2.27. The summed E-state index contributed by atoms with van der Waals surface area (Å²) in [6.07, 6.45) is 5.42. The number of phenolic OH excluding ortho intramolecular Hbond substituents is 2. The van der Waals surface area contributed by atoms with Crippen molar-refractivity contribution >= 4 is 0 Å². The maximum absolute atomic E-state index is 9.73. The summed E-state index contributed by atoms with van der Waals surface area (Å²) in [5.41, 5.74) is 0.776. The second-order valence-electron chi connectivity index (χ2n) is 4.22. The number of hydrogen-bond acceptors (Lipinski definition) is 4. The smallest absolute Gasteiger partial charge is 0.124 e. The Morgan fingerprint density at radius 2 is 2.22 bits per heavy atom. The Balaban J connectivity index is 1.89. The lowest BCUT2D eigenvalue weighted by Crippen LogP contribution is -2.23. The number of aromatic hydroxyl groups is 2. The lowest BCUT2D eigenvalue weighted by molar-refractivity contribution is 0.434. The van der Waals surface area contributed by atoms with Gasteiger partial charge in [0.2, 0.25) is 0 Å². The van der Waals surface area contributed by atoms with E-state index >= 15 is 0 Å². The average Bonchev–Trinajstić information content (AvgIpc) is 2.81. The molecule has 1 atom stereocenters. The molecule has 0 bridgehead atoms. The van der Waals surface area contributed by atoms with Crippen LogP contribution in [0.4, 0.5) is 0 Å². The highest BCUT2D eigenvalue weighted by atomic mass is 16.3. The Morgan fingerprint density at radius 1 is 1.39 bits per heavy atom. The Kier molecular flexibility index (Phi) is 3.84. The third-order valence-electron chi connectivity index (χ3n) is 2.86. The fraction of sp³-hybridized carbons (Fsp3) is 0.308. The summed E-state index contributed by atoms with van der Waals surface area (Å²) in [5.74, 6) is 0.180. The third kappa shape index (κ3) is 3.01. The van der Waals surface area contributed by atoms with Crippen LogP contribution in [0.1, 0.15) is 18.5 Å². The molecule has 0 aliphatic heterocycles. The molecule has 0 spiro atoms. The molecule has 0 amide bonds. The summed E-state index contributed by atoms with van der Waals surface area (Å²) in [6, 6.07) is 4.67. The van der Waals surface area contributed by atoms with E-state index in [-0.39, 0.29) is 17.5 Å². The van der Waals surface area contributed by atoms with Gasteiger partial charge in [0, 0.05) is 43.2 Å². The van der Waals surface area contributed by atoms with Crippen LogP contribution in [0.2, 0.25) is 0 Å². The first kappa shape index (κ1) is 12.4. The molecule has 0 aliphatic carbocycles. The summed E-state index contributed by atoms with van der Waals surface area (Å²) < 4.78 is 1.98. The first-order valence-electron chi connectivity index (χ1n) is 5.88. The summed E-state index contributed by atoms with van der Waals surface area (Å²) >= 11 is 0. The van der Waals surface area contributed by atoms with E-state index in [2.05, 4.69) is 10.3 Å². The van der Waals surface area contributed by atoms with Crippen molar-refractivity contribution in [3.63, 3.8) is 0 Å². The van der Waals surface area contributed by atoms with Gasteiger partial charge in [-0.1, -0.05) is 6.07 Å². The molecule has 0 radical (unpaired) electrons. The molecule has 1 unspecified atom stereocenters. The first-order valence-corrected chi connectivity index (χ1v) is 5.88. The van der Waals surface area contributed by atoms with Crippen LogP contribution in [0.5, 0.6) is 11.5 Å². The predicted octanol–water partition coefficient (Wildman–Crippen LogP) is 1.65. The summed E-state index contributed by atoms with van der Waals surface area (Å²) in [5, 5.41) is 22.3. The molecular formula is C13H17N3O2. The number of nitrogens with one attached hydrogen (secondary N) is 1. The van der Waals surface area contributed by atoms with Crippen molar-refractivity contribution in [1.82, 2.24) is 14.9 Å². The molecule has 5 heteroatoms. The van der Waals surface area contributed by atoms with Crippen LogP contribution in [0, 0.1) is 0 Å². The van der Waals surface area contributed by atoms with Crippen molar-refractivity contribution in [3.8, 4) is 11.5 Å². The quantitative estimate of drug-likeness (QED) is 0.751. The van der Waals surface area contributed by atoms with Crippen LogP contribution in [0.3, 0.4) is 0 Å². The first-order chi connectivity index (χ1) is 8.66. The van der Waals surface area contributed by atoms with Crippen molar-refractivity contribution in [1.29, 1.82) is 0 Å². The Morgan fingerprint density at radius 3 is 2.89 bits per heavy atom. The molecule has 3 N–H and O–H groups in total. The Bertz CT molecular complexity index is 497. The number of benzene rings is 1.